The summed E-state index contributed by atoms with van der Waals surface area (Å²) in [5.41, 5.74) is 5.85. The largest absolute Gasteiger partial charge is 0.493 e. The summed E-state index contributed by atoms with van der Waals surface area (Å²) < 4.78 is 11.0. The van der Waals surface area contributed by atoms with E-state index in [9.17, 15) is 9.59 Å². The molecule has 9 heteroatoms. The fourth-order valence-corrected chi connectivity index (χ4v) is 3.35. The molecule has 3 N–H and O–H groups in total. The summed E-state index contributed by atoms with van der Waals surface area (Å²) >= 11 is 6.32. The highest BCUT2D eigenvalue weighted by Gasteiger charge is 2.29. The second-order valence-corrected chi connectivity index (χ2v) is 6.92. The lowest BCUT2D eigenvalue weighted by Gasteiger charge is -2.32. The van der Waals surface area contributed by atoms with E-state index in [1.165, 1.54) is 7.11 Å². The number of rotatable bonds is 8. The smallest absolute Gasteiger partial charge is 0.254 e. The molecule has 0 aromatic heterocycles. The van der Waals surface area contributed by atoms with Gasteiger partial charge in [-0.3, -0.25) is 9.59 Å². The van der Waals surface area contributed by atoms with Crippen molar-refractivity contribution in [2.45, 2.75) is 26.2 Å². The number of nitrogens with two attached hydrogens (primary N) is 1. The lowest BCUT2D eigenvalue weighted by molar-refractivity contribution is -0.126. The van der Waals surface area contributed by atoms with Crippen molar-refractivity contribution in [3.8, 4) is 11.5 Å². The zero-order valence-electron chi connectivity index (χ0n) is 16.3. The minimum atomic E-state index is -0.223. The lowest BCUT2D eigenvalue weighted by atomic mass is 9.96. The molecule has 1 aliphatic heterocycles. The average molecular weight is 434 g/mol. The van der Waals surface area contributed by atoms with E-state index in [0.29, 0.717) is 54.9 Å². The van der Waals surface area contributed by atoms with E-state index in [1.54, 1.807) is 17.0 Å². The van der Waals surface area contributed by atoms with Crippen molar-refractivity contribution in [1.82, 2.24) is 10.2 Å². The molecular weight excluding hydrogens is 405 g/mol. The van der Waals surface area contributed by atoms with Gasteiger partial charge in [-0.25, -0.2) is 0 Å². The van der Waals surface area contributed by atoms with Crippen molar-refractivity contribution in [2.24, 2.45) is 11.7 Å². The van der Waals surface area contributed by atoms with E-state index in [2.05, 4.69) is 5.32 Å². The fourth-order valence-electron chi connectivity index (χ4n) is 3.09. The molecule has 1 aromatic carbocycles. The first-order valence-corrected chi connectivity index (χ1v) is 9.67. The van der Waals surface area contributed by atoms with Crippen LogP contribution in [0.5, 0.6) is 11.5 Å². The van der Waals surface area contributed by atoms with E-state index < -0.39 is 0 Å². The van der Waals surface area contributed by atoms with Crippen molar-refractivity contribution in [3.63, 3.8) is 0 Å². The number of likely N-dealkylation sites (tertiary alicyclic amines) is 1. The number of carbonyl (C=O) groups is 2. The van der Waals surface area contributed by atoms with Gasteiger partial charge < -0.3 is 25.4 Å². The molecule has 1 aliphatic rings. The molecule has 7 nitrogen and oxygen atoms in total. The molecule has 1 unspecified atom stereocenters. The highest BCUT2D eigenvalue weighted by molar-refractivity contribution is 6.32. The van der Waals surface area contributed by atoms with Gasteiger partial charge >= 0.3 is 0 Å². The third kappa shape index (κ3) is 6.15. The number of nitrogens with one attached hydrogen (secondary N) is 1. The molecule has 0 saturated carbocycles. The maximum atomic E-state index is 12.9. The second kappa shape index (κ2) is 12.0. The van der Waals surface area contributed by atoms with E-state index in [1.807, 2.05) is 6.92 Å². The topological polar surface area (TPSA) is 93.9 Å². The lowest BCUT2D eigenvalue weighted by Crippen LogP contribution is -2.46. The van der Waals surface area contributed by atoms with Crippen molar-refractivity contribution in [3.05, 3.63) is 22.7 Å². The fraction of sp³-hybridized carbons (Fsp3) is 0.579. The number of ether oxygens (including phenoxy) is 2. The van der Waals surface area contributed by atoms with Gasteiger partial charge in [0.25, 0.3) is 5.91 Å². The van der Waals surface area contributed by atoms with Gasteiger partial charge in [0.1, 0.15) is 0 Å². The number of methoxy groups -OCH3 is 1. The standard InChI is InChI=1S/C19H28ClN3O4.ClH/c1-3-9-27-17-15(20)10-14(11-16(17)26-2)19(25)23-8-4-5-13(12-23)18(24)22-7-6-21;/h10-11,13H,3-9,12,21H2,1-2H3,(H,22,24);1H. The van der Waals surface area contributed by atoms with Crippen molar-refractivity contribution < 1.29 is 19.1 Å². The number of benzene rings is 1. The average Bonchev–Trinajstić information content (AvgIpc) is 2.70. The van der Waals surface area contributed by atoms with Gasteiger partial charge in [-0.05, 0) is 31.4 Å². The van der Waals surface area contributed by atoms with Crippen molar-refractivity contribution >= 4 is 35.8 Å². The Morgan fingerprint density at radius 1 is 1.39 bits per heavy atom. The first-order valence-electron chi connectivity index (χ1n) is 9.29. The first-order chi connectivity index (χ1) is 13.0. The monoisotopic (exact) mass is 433 g/mol. The molecule has 0 spiro atoms. The summed E-state index contributed by atoms with van der Waals surface area (Å²) in [4.78, 5) is 26.8. The normalized spacial score (nSPS) is 16.1. The predicted octanol–water partition coefficient (Wildman–Crippen LogP) is 2.49. The molecule has 2 amide bonds. The minimum Gasteiger partial charge on any atom is -0.493 e. The van der Waals surface area contributed by atoms with Crippen LogP contribution in [0.25, 0.3) is 0 Å². The summed E-state index contributed by atoms with van der Waals surface area (Å²) in [7, 11) is 1.51. The Balaban J connectivity index is 0.00000392. The van der Waals surface area contributed by atoms with Crippen LogP contribution < -0.4 is 20.5 Å². The van der Waals surface area contributed by atoms with E-state index in [-0.39, 0.29) is 30.1 Å². The highest BCUT2D eigenvalue weighted by atomic mass is 35.5. The number of amides is 2. The third-order valence-electron chi connectivity index (χ3n) is 4.45. The van der Waals surface area contributed by atoms with Crippen LogP contribution in [-0.4, -0.2) is 56.6 Å². The number of piperidine rings is 1. The Morgan fingerprint density at radius 2 is 2.14 bits per heavy atom. The Morgan fingerprint density at radius 3 is 2.79 bits per heavy atom. The molecule has 0 aliphatic carbocycles. The van der Waals surface area contributed by atoms with Gasteiger partial charge in [-0.1, -0.05) is 18.5 Å². The molecule has 28 heavy (non-hydrogen) atoms. The van der Waals surface area contributed by atoms with Gasteiger partial charge in [0.2, 0.25) is 5.91 Å². The zero-order chi connectivity index (χ0) is 19.8. The summed E-state index contributed by atoms with van der Waals surface area (Å²) in [6, 6.07) is 3.23. The summed E-state index contributed by atoms with van der Waals surface area (Å²) in [6.45, 7) is 4.32. The van der Waals surface area contributed by atoms with E-state index >= 15 is 0 Å². The van der Waals surface area contributed by atoms with Gasteiger partial charge in [0.15, 0.2) is 11.5 Å². The molecule has 2 rings (SSSR count). The van der Waals surface area contributed by atoms with Crippen LogP contribution in [0.3, 0.4) is 0 Å². The van der Waals surface area contributed by atoms with Crippen LogP contribution in [0.1, 0.15) is 36.5 Å². The summed E-state index contributed by atoms with van der Waals surface area (Å²) in [5, 5.41) is 3.13. The molecule has 1 aromatic rings. The molecule has 1 atom stereocenters. The Labute approximate surface area is 177 Å². The summed E-state index contributed by atoms with van der Waals surface area (Å²) in [6.07, 6.45) is 2.37. The van der Waals surface area contributed by atoms with Crippen LogP contribution in [0.2, 0.25) is 5.02 Å². The Bertz CT molecular complexity index is 673. The highest BCUT2D eigenvalue weighted by Crippen LogP contribution is 2.37. The second-order valence-electron chi connectivity index (χ2n) is 6.51. The maximum absolute atomic E-state index is 12.9. The maximum Gasteiger partial charge on any atom is 0.254 e. The van der Waals surface area contributed by atoms with Crippen LogP contribution >= 0.6 is 24.0 Å². The number of halogens is 2. The minimum absolute atomic E-state index is 0. The van der Waals surface area contributed by atoms with Crippen LogP contribution in [0.15, 0.2) is 12.1 Å². The Hall–Kier alpha value is -1.70. The number of hydrogen-bond donors (Lipinski definition) is 2. The quantitative estimate of drug-likeness (QED) is 0.656. The Kier molecular flexibility index (Phi) is 10.4. The molecule has 0 bridgehead atoms. The van der Waals surface area contributed by atoms with Crippen LogP contribution in [0, 0.1) is 5.92 Å². The number of nitrogens with zero attached hydrogens (tertiary/aromatic N) is 1. The molecular formula is C19H29Cl2N3O4. The van der Waals surface area contributed by atoms with E-state index in [0.717, 1.165) is 19.3 Å². The van der Waals surface area contributed by atoms with Crippen molar-refractivity contribution in [1.29, 1.82) is 0 Å². The van der Waals surface area contributed by atoms with Gasteiger partial charge in [0, 0.05) is 31.7 Å². The van der Waals surface area contributed by atoms with Crippen LogP contribution in [-0.2, 0) is 4.79 Å². The molecule has 158 valence electrons. The SMILES string of the molecule is CCCOc1c(Cl)cc(C(=O)N2CCCC(C(=O)NCCN)C2)cc1OC.Cl. The van der Waals surface area contributed by atoms with Gasteiger partial charge in [0.05, 0.1) is 24.7 Å². The number of carbonyl (C=O) groups excluding carboxylic acids is 2. The summed E-state index contributed by atoms with van der Waals surface area (Å²) in [5.74, 6) is 0.410. The van der Waals surface area contributed by atoms with Gasteiger partial charge in [-0.15, -0.1) is 12.4 Å². The number of hydrogen-bond acceptors (Lipinski definition) is 5. The third-order valence-corrected chi connectivity index (χ3v) is 4.73. The van der Waals surface area contributed by atoms with Crippen molar-refractivity contribution in [2.75, 3.05) is 39.9 Å². The molecule has 1 fully saturated rings. The zero-order valence-corrected chi connectivity index (χ0v) is 17.9. The molecule has 1 saturated heterocycles. The molecule has 0 radical (unpaired) electrons. The first kappa shape index (κ1) is 24.3. The van der Waals surface area contributed by atoms with Crippen LogP contribution in [0.4, 0.5) is 0 Å². The van der Waals surface area contributed by atoms with E-state index in [4.69, 9.17) is 26.8 Å². The molecule has 1 heterocycles. The predicted molar refractivity (Wildman–Crippen MR) is 112 cm³/mol. The van der Waals surface area contributed by atoms with Gasteiger partial charge in [-0.2, -0.15) is 0 Å².